The molecule has 0 spiro atoms. The van der Waals surface area contributed by atoms with Gasteiger partial charge in [-0.05, 0) is 45.1 Å². The highest BCUT2D eigenvalue weighted by molar-refractivity contribution is 9.10. The van der Waals surface area contributed by atoms with Crippen molar-refractivity contribution in [2.45, 2.75) is 25.4 Å². The summed E-state index contributed by atoms with van der Waals surface area (Å²) in [6, 6.07) is 7.24. The highest BCUT2D eigenvalue weighted by Crippen LogP contribution is 2.29. The predicted molar refractivity (Wildman–Crippen MR) is 81.0 cm³/mol. The maximum atomic E-state index is 5.93. The second-order valence-corrected chi connectivity index (χ2v) is 6.20. The predicted octanol–water partition coefficient (Wildman–Crippen LogP) is 2.61. The third-order valence-corrected chi connectivity index (χ3v) is 4.42. The van der Waals surface area contributed by atoms with Crippen molar-refractivity contribution in [2.24, 2.45) is 5.73 Å². The van der Waals surface area contributed by atoms with Gasteiger partial charge in [-0.15, -0.1) is 0 Å². The summed E-state index contributed by atoms with van der Waals surface area (Å²) in [6.45, 7) is 4.25. The second-order valence-electron chi connectivity index (χ2n) is 5.35. The maximum absolute atomic E-state index is 5.93. The van der Waals surface area contributed by atoms with E-state index in [1.807, 2.05) is 6.92 Å². The van der Waals surface area contributed by atoms with Crippen LogP contribution in [0.15, 0.2) is 22.7 Å². The summed E-state index contributed by atoms with van der Waals surface area (Å²) in [5, 5.41) is 0. The molecule has 2 atom stereocenters. The van der Waals surface area contributed by atoms with E-state index >= 15 is 0 Å². The first-order valence-corrected chi connectivity index (χ1v) is 7.24. The lowest BCUT2D eigenvalue weighted by molar-refractivity contribution is 0.315. The van der Waals surface area contributed by atoms with E-state index in [2.05, 4.69) is 58.0 Å². The molecular weight excluding hydrogens is 290 g/mol. The molecule has 18 heavy (non-hydrogen) atoms. The third kappa shape index (κ3) is 2.87. The zero-order valence-electron chi connectivity index (χ0n) is 11.4. The molecule has 1 aromatic carbocycles. The molecule has 1 saturated heterocycles. The number of halogens is 1. The van der Waals surface area contributed by atoms with Gasteiger partial charge in [0, 0.05) is 35.3 Å². The van der Waals surface area contributed by atoms with Crippen LogP contribution >= 0.6 is 15.9 Å². The van der Waals surface area contributed by atoms with E-state index in [9.17, 15) is 0 Å². The first-order valence-electron chi connectivity index (χ1n) is 6.45. The average Bonchev–Trinajstić information content (AvgIpc) is 2.77. The van der Waals surface area contributed by atoms with E-state index in [1.54, 1.807) is 0 Å². The van der Waals surface area contributed by atoms with E-state index in [-0.39, 0.29) is 6.04 Å². The van der Waals surface area contributed by atoms with E-state index in [0.29, 0.717) is 6.04 Å². The Labute approximate surface area is 118 Å². The van der Waals surface area contributed by atoms with Gasteiger partial charge in [0.15, 0.2) is 0 Å². The van der Waals surface area contributed by atoms with Crippen molar-refractivity contribution in [3.8, 4) is 0 Å². The van der Waals surface area contributed by atoms with Gasteiger partial charge >= 0.3 is 0 Å². The molecule has 1 unspecified atom stereocenters. The van der Waals surface area contributed by atoms with Crippen LogP contribution in [0, 0.1) is 0 Å². The second kappa shape index (κ2) is 5.59. The average molecular weight is 312 g/mol. The van der Waals surface area contributed by atoms with Gasteiger partial charge in [-0.3, -0.25) is 0 Å². The summed E-state index contributed by atoms with van der Waals surface area (Å²) in [5.41, 5.74) is 8.39. The third-order valence-electron chi connectivity index (χ3n) is 3.73. The molecule has 1 aromatic rings. The molecule has 4 heteroatoms. The fraction of sp³-hybridized carbons (Fsp3) is 0.571. The van der Waals surface area contributed by atoms with Crippen LogP contribution in [0.2, 0.25) is 0 Å². The normalized spacial score (nSPS) is 21.7. The fourth-order valence-electron chi connectivity index (χ4n) is 2.48. The van der Waals surface area contributed by atoms with Crippen LogP contribution in [-0.2, 0) is 0 Å². The van der Waals surface area contributed by atoms with Crippen molar-refractivity contribution in [3.63, 3.8) is 0 Å². The molecular formula is C14H22BrN3. The topological polar surface area (TPSA) is 32.5 Å². The minimum Gasteiger partial charge on any atom is -0.370 e. The van der Waals surface area contributed by atoms with Crippen molar-refractivity contribution < 1.29 is 0 Å². The summed E-state index contributed by atoms with van der Waals surface area (Å²) >= 11 is 3.62. The van der Waals surface area contributed by atoms with Gasteiger partial charge in [-0.1, -0.05) is 22.0 Å². The lowest BCUT2D eigenvalue weighted by atomic mass is 10.1. The molecule has 0 aliphatic carbocycles. The van der Waals surface area contributed by atoms with Gasteiger partial charge in [0.1, 0.15) is 0 Å². The molecule has 0 aromatic heterocycles. The Morgan fingerprint density at radius 3 is 2.67 bits per heavy atom. The van der Waals surface area contributed by atoms with Gasteiger partial charge in [0.05, 0.1) is 0 Å². The summed E-state index contributed by atoms with van der Waals surface area (Å²) in [6.07, 6.45) is 1.24. The van der Waals surface area contributed by atoms with Crippen molar-refractivity contribution >= 4 is 21.6 Å². The molecule has 0 saturated carbocycles. The van der Waals surface area contributed by atoms with Crippen LogP contribution in [0.3, 0.4) is 0 Å². The molecule has 2 rings (SSSR count). The molecule has 100 valence electrons. The molecule has 1 fully saturated rings. The van der Waals surface area contributed by atoms with E-state index in [0.717, 1.165) is 17.6 Å². The number of hydrogen-bond acceptors (Lipinski definition) is 3. The zero-order valence-corrected chi connectivity index (χ0v) is 12.9. The molecule has 1 aliphatic rings. The number of nitrogens with two attached hydrogens (primary N) is 1. The van der Waals surface area contributed by atoms with Crippen LogP contribution < -0.4 is 10.6 Å². The summed E-state index contributed by atoms with van der Waals surface area (Å²) in [7, 11) is 4.31. The van der Waals surface area contributed by atoms with Crippen molar-refractivity contribution in [1.82, 2.24) is 4.90 Å². The van der Waals surface area contributed by atoms with E-state index in [4.69, 9.17) is 5.73 Å². The highest BCUT2D eigenvalue weighted by Gasteiger charge is 2.24. The first-order chi connectivity index (χ1) is 8.49. The Morgan fingerprint density at radius 1 is 1.44 bits per heavy atom. The van der Waals surface area contributed by atoms with Crippen LogP contribution in [-0.4, -0.2) is 38.1 Å². The lowest BCUT2D eigenvalue weighted by Crippen LogP contribution is -2.31. The van der Waals surface area contributed by atoms with Crippen LogP contribution in [0.5, 0.6) is 0 Å². The van der Waals surface area contributed by atoms with Crippen molar-refractivity contribution in [2.75, 3.05) is 32.1 Å². The zero-order chi connectivity index (χ0) is 13.3. The molecule has 0 amide bonds. The summed E-state index contributed by atoms with van der Waals surface area (Å²) in [4.78, 5) is 4.76. The number of benzene rings is 1. The number of likely N-dealkylation sites (N-methyl/N-ethyl adjacent to an activating group) is 1. The minimum absolute atomic E-state index is 0.0709. The Balaban J connectivity index is 2.13. The monoisotopic (exact) mass is 311 g/mol. The Morgan fingerprint density at radius 2 is 2.17 bits per heavy atom. The lowest BCUT2D eigenvalue weighted by Gasteiger charge is -2.22. The number of hydrogen-bond donors (Lipinski definition) is 1. The molecule has 3 nitrogen and oxygen atoms in total. The Hall–Kier alpha value is -0.580. The molecule has 2 N–H and O–H groups in total. The molecule has 1 heterocycles. The molecule has 0 radical (unpaired) electrons. The van der Waals surface area contributed by atoms with Gasteiger partial charge in [-0.25, -0.2) is 0 Å². The summed E-state index contributed by atoms with van der Waals surface area (Å²) < 4.78 is 1.11. The SMILES string of the molecule is C[C@@H](N)c1ccc(N2CCC(N(C)C)C2)cc1Br. The van der Waals surface area contributed by atoms with Crippen LogP contribution in [0.25, 0.3) is 0 Å². The van der Waals surface area contributed by atoms with Gasteiger partial charge in [-0.2, -0.15) is 0 Å². The fourth-order valence-corrected chi connectivity index (χ4v) is 3.21. The number of nitrogens with zero attached hydrogens (tertiary/aromatic N) is 2. The number of rotatable bonds is 3. The van der Waals surface area contributed by atoms with Crippen molar-refractivity contribution in [3.05, 3.63) is 28.2 Å². The summed E-state index contributed by atoms with van der Waals surface area (Å²) in [5.74, 6) is 0. The largest absolute Gasteiger partial charge is 0.370 e. The van der Waals surface area contributed by atoms with E-state index in [1.165, 1.54) is 17.7 Å². The quantitative estimate of drug-likeness (QED) is 0.931. The maximum Gasteiger partial charge on any atom is 0.0378 e. The smallest absolute Gasteiger partial charge is 0.0378 e. The molecule has 1 aliphatic heterocycles. The van der Waals surface area contributed by atoms with Gasteiger partial charge < -0.3 is 15.5 Å². The van der Waals surface area contributed by atoms with Gasteiger partial charge in [0.2, 0.25) is 0 Å². The van der Waals surface area contributed by atoms with E-state index < -0.39 is 0 Å². The minimum atomic E-state index is 0.0709. The van der Waals surface area contributed by atoms with Crippen LogP contribution in [0.4, 0.5) is 5.69 Å². The number of anilines is 1. The van der Waals surface area contributed by atoms with Crippen LogP contribution in [0.1, 0.15) is 24.9 Å². The standard InChI is InChI=1S/C14H22BrN3/c1-10(16)13-5-4-11(8-14(13)15)18-7-6-12(9-18)17(2)3/h4-5,8,10,12H,6-7,9,16H2,1-3H3/t10-,12?/m1/s1. The Bertz CT molecular complexity index is 418. The molecule has 0 bridgehead atoms. The van der Waals surface area contributed by atoms with Gasteiger partial charge in [0.25, 0.3) is 0 Å². The highest BCUT2D eigenvalue weighted by atomic mass is 79.9. The first kappa shape index (κ1) is 13.8. The Kier molecular flexibility index (Phi) is 4.30. The van der Waals surface area contributed by atoms with Crippen molar-refractivity contribution in [1.29, 1.82) is 0 Å².